The lowest BCUT2D eigenvalue weighted by atomic mass is 10.2. The maximum absolute atomic E-state index is 11.6. The van der Waals surface area contributed by atoms with E-state index in [2.05, 4.69) is 25.8 Å². The van der Waals surface area contributed by atoms with Crippen LogP contribution in [0.3, 0.4) is 0 Å². The SMILES string of the molecule is CC(NC(=O)Cn1cnnn1)c1ccccn1. The molecule has 2 rings (SSSR count). The van der Waals surface area contributed by atoms with Crippen molar-refractivity contribution in [2.45, 2.75) is 19.5 Å². The molecule has 0 bridgehead atoms. The van der Waals surface area contributed by atoms with E-state index < -0.39 is 0 Å². The van der Waals surface area contributed by atoms with Gasteiger partial charge in [0.2, 0.25) is 5.91 Å². The Labute approximate surface area is 97.9 Å². The lowest BCUT2D eigenvalue weighted by molar-refractivity contribution is -0.122. The molecule has 0 saturated heterocycles. The molecule has 0 aliphatic carbocycles. The van der Waals surface area contributed by atoms with E-state index in [4.69, 9.17) is 0 Å². The summed E-state index contributed by atoms with van der Waals surface area (Å²) in [6.07, 6.45) is 3.09. The third-order valence-electron chi connectivity index (χ3n) is 2.21. The minimum atomic E-state index is -0.157. The Morgan fingerprint density at radius 3 is 3.06 bits per heavy atom. The second kappa shape index (κ2) is 5.15. The molecule has 1 N–H and O–H groups in total. The summed E-state index contributed by atoms with van der Waals surface area (Å²) in [5.41, 5.74) is 0.817. The van der Waals surface area contributed by atoms with Crippen molar-refractivity contribution in [2.24, 2.45) is 0 Å². The number of aromatic nitrogens is 5. The van der Waals surface area contributed by atoms with Crippen molar-refractivity contribution < 1.29 is 4.79 Å². The Morgan fingerprint density at radius 2 is 2.41 bits per heavy atom. The highest BCUT2D eigenvalue weighted by molar-refractivity contribution is 5.75. The second-order valence-corrected chi connectivity index (χ2v) is 3.55. The summed E-state index contributed by atoms with van der Waals surface area (Å²) < 4.78 is 1.36. The Kier molecular flexibility index (Phi) is 3.39. The predicted molar refractivity (Wildman–Crippen MR) is 58.6 cm³/mol. The average Bonchev–Trinajstić information content (AvgIpc) is 2.82. The molecule has 0 aliphatic rings. The molecule has 2 aromatic rings. The van der Waals surface area contributed by atoms with E-state index in [0.717, 1.165) is 5.69 Å². The average molecular weight is 232 g/mol. The smallest absolute Gasteiger partial charge is 0.242 e. The van der Waals surface area contributed by atoms with Crippen molar-refractivity contribution in [3.05, 3.63) is 36.4 Å². The Balaban J connectivity index is 1.91. The van der Waals surface area contributed by atoms with E-state index in [-0.39, 0.29) is 18.5 Å². The minimum Gasteiger partial charge on any atom is -0.346 e. The Hall–Kier alpha value is -2.31. The Morgan fingerprint density at radius 1 is 1.53 bits per heavy atom. The summed E-state index contributed by atoms with van der Waals surface area (Å²) in [5.74, 6) is -0.157. The molecule has 0 radical (unpaired) electrons. The van der Waals surface area contributed by atoms with E-state index in [1.54, 1.807) is 6.20 Å². The highest BCUT2D eigenvalue weighted by Gasteiger charge is 2.10. The summed E-state index contributed by atoms with van der Waals surface area (Å²) in [6, 6.07) is 5.44. The highest BCUT2D eigenvalue weighted by atomic mass is 16.2. The van der Waals surface area contributed by atoms with Crippen LogP contribution in [0, 0.1) is 0 Å². The fourth-order valence-electron chi connectivity index (χ4n) is 1.39. The van der Waals surface area contributed by atoms with Crippen LogP contribution in [0.2, 0.25) is 0 Å². The summed E-state index contributed by atoms with van der Waals surface area (Å²) in [4.78, 5) is 15.8. The van der Waals surface area contributed by atoms with Crippen LogP contribution in [0.15, 0.2) is 30.7 Å². The first-order valence-electron chi connectivity index (χ1n) is 5.17. The number of amides is 1. The van der Waals surface area contributed by atoms with Crippen molar-refractivity contribution in [3.8, 4) is 0 Å². The Bertz CT molecular complexity index is 469. The maximum atomic E-state index is 11.6. The van der Waals surface area contributed by atoms with Gasteiger partial charge in [-0.3, -0.25) is 9.78 Å². The van der Waals surface area contributed by atoms with Gasteiger partial charge in [0.25, 0.3) is 0 Å². The molecule has 0 spiro atoms. The fraction of sp³-hybridized carbons (Fsp3) is 0.300. The quantitative estimate of drug-likeness (QED) is 0.798. The van der Waals surface area contributed by atoms with Crippen LogP contribution in [0.4, 0.5) is 0 Å². The van der Waals surface area contributed by atoms with Gasteiger partial charge in [0.05, 0.1) is 11.7 Å². The molecule has 1 amide bonds. The third-order valence-corrected chi connectivity index (χ3v) is 2.21. The molecule has 88 valence electrons. The number of carbonyl (C=O) groups excluding carboxylic acids is 1. The first-order chi connectivity index (χ1) is 8.25. The number of hydrogen-bond acceptors (Lipinski definition) is 5. The largest absolute Gasteiger partial charge is 0.346 e. The maximum Gasteiger partial charge on any atom is 0.242 e. The fourth-order valence-corrected chi connectivity index (χ4v) is 1.39. The number of nitrogens with zero attached hydrogens (tertiary/aromatic N) is 5. The zero-order chi connectivity index (χ0) is 12.1. The van der Waals surface area contributed by atoms with E-state index in [1.165, 1.54) is 11.0 Å². The molecule has 0 aliphatic heterocycles. The van der Waals surface area contributed by atoms with Crippen LogP contribution in [-0.4, -0.2) is 31.1 Å². The summed E-state index contributed by atoms with van der Waals surface area (Å²) in [7, 11) is 0. The monoisotopic (exact) mass is 232 g/mol. The van der Waals surface area contributed by atoms with Crippen LogP contribution in [0.25, 0.3) is 0 Å². The molecular formula is C10H12N6O. The van der Waals surface area contributed by atoms with Crippen molar-refractivity contribution in [1.82, 2.24) is 30.5 Å². The molecular weight excluding hydrogens is 220 g/mol. The van der Waals surface area contributed by atoms with E-state index in [0.29, 0.717) is 0 Å². The molecule has 0 fully saturated rings. The molecule has 0 saturated carbocycles. The number of hydrogen-bond donors (Lipinski definition) is 1. The predicted octanol–water partition coefficient (Wildman–Crippen LogP) is -0.0545. The van der Waals surface area contributed by atoms with Crippen LogP contribution < -0.4 is 5.32 Å². The van der Waals surface area contributed by atoms with Gasteiger partial charge in [0.1, 0.15) is 12.9 Å². The van der Waals surface area contributed by atoms with Crippen molar-refractivity contribution in [2.75, 3.05) is 0 Å². The normalized spacial score (nSPS) is 12.1. The van der Waals surface area contributed by atoms with Crippen LogP contribution in [-0.2, 0) is 11.3 Å². The molecule has 17 heavy (non-hydrogen) atoms. The van der Waals surface area contributed by atoms with E-state index >= 15 is 0 Å². The van der Waals surface area contributed by atoms with Crippen LogP contribution >= 0.6 is 0 Å². The topological polar surface area (TPSA) is 85.6 Å². The van der Waals surface area contributed by atoms with Gasteiger partial charge in [-0.1, -0.05) is 6.07 Å². The van der Waals surface area contributed by atoms with E-state index in [1.807, 2.05) is 25.1 Å². The standard InChI is InChI=1S/C10H12N6O/c1-8(9-4-2-3-5-11-9)13-10(17)6-16-7-12-14-15-16/h2-5,7-8H,6H2,1H3,(H,13,17). The molecule has 0 aromatic carbocycles. The van der Waals surface area contributed by atoms with Gasteiger partial charge in [-0.25, -0.2) is 4.68 Å². The first-order valence-corrected chi connectivity index (χ1v) is 5.17. The molecule has 2 heterocycles. The van der Waals surface area contributed by atoms with Crippen LogP contribution in [0.1, 0.15) is 18.7 Å². The van der Waals surface area contributed by atoms with Gasteiger partial charge in [0.15, 0.2) is 0 Å². The number of rotatable bonds is 4. The molecule has 1 unspecified atom stereocenters. The van der Waals surface area contributed by atoms with Crippen molar-refractivity contribution in [1.29, 1.82) is 0 Å². The summed E-state index contributed by atoms with van der Waals surface area (Å²) >= 11 is 0. The summed E-state index contributed by atoms with van der Waals surface area (Å²) in [6.45, 7) is 1.98. The first kappa shape index (κ1) is 11.2. The number of pyridine rings is 1. The van der Waals surface area contributed by atoms with Gasteiger partial charge >= 0.3 is 0 Å². The van der Waals surface area contributed by atoms with Gasteiger partial charge in [-0.05, 0) is 29.5 Å². The molecule has 7 nitrogen and oxygen atoms in total. The number of carbonyl (C=O) groups is 1. The third kappa shape index (κ3) is 3.07. The molecule has 2 aromatic heterocycles. The summed E-state index contributed by atoms with van der Waals surface area (Å²) in [5, 5.41) is 13.3. The lowest BCUT2D eigenvalue weighted by Crippen LogP contribution is -2.30. The van der Waals surface area contributed by atoms with Gasteiger partial charge in [0, 0.05) is 6.20 Å². The number of nitrogens with one attached hydrogen (secondary N) is 1. The highest BCUT2D eigenvalue weighted by Crippen LogP contribution is 2.07. The van der Waals surface area contributed by atoms with E-state index in [9.17, 15) is 4.79 Å². The molecule has 7 heteroatoms. The van der Waals surface area contributed by atoms with Gasteiger partial charge < -0.3 is 5.32 Å². The molecule has 1 atom stereocenters. The number of tetrazole rings is 1. The van der Waals surface area contributed by atoms with Gasteiger partial charge in [-0.2, -0.15) is 0 Å². The van der Waals surface area contributed by atoms with Crippen molar-refractivity contribution >= 4 is 5.91 Å². The lowest BCUT2D eigenvalue weighted by Gasteiger charge is -2.12. The zero-order valence-corrected chi connectivity index (χ0v) is 9.32. The van der Waals surface area contributed by atoms with Gasteiger partial charge in [-0.15, -0.1) is 5.10 Å². The zero-order valence-electron chi connectivity index (χ0n) is 9.32. The van der Waals surface area contributed by atoms with Crippen LogP contribution in [0.5, 0.6) is 0 Å². The second-order valence-electron chi connectivity index (χ2n) is 3.55. The van der Waals surface area contributed by atoms with Crippen molar-refractivity contribution in [3.63, 3.8) is 0 Å². The minimum absolute atomic E-state index is 0.101.